The van der Waals surface area contributed by atoms with Crippen molar-refractivity contribution in [1.82, 2.24) is 0 Å². The molecule has 0 spiro atoms. The maximum atomic E-state index is 13.8. The molecule has 0 fully saturated rings. The van der Waals surface area contributed by atoms with Crippen molar-refractivity contribution in [3.63, 3.8) is 0 Å². The third-order valence-corrected chi connectivity index (χ3v) is 9.42. The molecule has 292 valence electrons. The summed E-state index contributed by atoms with van der Waals surface area (Å²) in [6.45, 7) is 0. The molecule has 4 aromatic rings. The van der Waals surface area contributed by atoms with Gasteiger partial charge in [0.25, 0.3) is 0 Å². The number of carbonyl (C=O) groups is 2. The Balaban J connectivity index is 1.42. The molecule has 0 amide bonds. The quantitative estimate of drug-likeness (QED) is 0.0439. The number of phenols is 5. The highest BCUT2D eigenvalue weighted by Crippen LogP contribution is 2.55. The van der Waals surface area contributed by atoms with Gasteiger partial charge < -0.3 is 49.6 Å². The molecule has 12 heteroatoms. The molecule has 0 saturated carbocycles. The predicted octanol–water partition coefficient (Wildman–Crippen LogP) is 7.85. The molecule has 1 aliphatic carbocycles. The number of allylic oxidation sites excluding steroid dienone is 9. The van der Waals surface area contributed by atoms with E-state index in [0.29, 0.717) is 33.6 Å². The van der Waals surface area contributed by atoms with E-state index < -0.39 is 23.7 Å². The monoisotopic (exact) mass is 772 g/mol. The molecule has 12 nitrogen and oxygen atoms in total. The Bertz CT molecular complexity index is 2380. The van der Waals surface area contributed by atoms with Crippen molar-refractivity contribution in [3.8, 4) is 46.0 Å². The highest BCUT2D eigenvalue weighted by atomic mass is 16.5. The molecular weight excluding hydrogens is 732 g/mol. The molecule has 0 saturated heterocycles. The van der Waals surface area contributed by atoms with Gasteiger partial charge in [0.05, 0.1) is 27.2 Å². The van der Waals surface area contributed by atoms with E-state index >= 15 is 0 Å². The van der Waals surface area contributed by atoms with Crippen LogP contribution in [0.1, 0.15) is 52.2 Å². The van der Waals surface area contributed by atoms with Gasteiger partial charge in [-0.05, 0) is 88.5 Å². The molecule has 3 atom stereocenters. The van der Waals surface area contributed by atoms with Crippen LogP contribution in [0.2, 0.25) is 0 Å². The minimum absolute atomic E-state index is 0.00316. The van der Waals surface area contributed by atoms with Gasteiger partial charge in [-0.3, -0.25) is 9.59 Å². The zero-order valence-corrected chi connectivity index (χ0v) is 31.1. The van der Waals surface area contributed by atoms with Crippen LogP contribution in [0.4, 0.5) is 0 Å². The smallest absolute Gasteiger partial charge is 0.220 e. The summed E-state index contributed by atoms with van der Waals surface area (Å²) in [6, 6.07) is 16.6. The molecule has 6 N–H and O–H groups in total. The van der Waals surface area contributed by atoms with E-state index in [9.17, 15) is 40.2 Å². The topological polar surface area (TPSA) is 192 Å². The highest BCUT2D eigenvalue weighted by molar-refractivity contribution is 6.04. The van der Waals surface area contributed by atoms with Crippen LogP contribution < -0.4 is 14.2 Å². The maximum Gasteiger partial charge on any atom is 0.220 e. The molecule has 1 aliphatic heterocycles. The Morgan fingerprint density at radius 2 is 1.47 bits per heavy atom. The summed E-state index contributed by atoms with van der Waals surface area (Å²) in [5.41, 5.74) is 3.22. The first kappa shape index (κ1) is 39.4. The van der Waals surface area contributed by atoms with Crippen molar-refractivity contribution in [2.75, 3.05) is 21.3 Å². The van der Waals surface area contributed by atoms with Gasteiger partial charge in [-0.25, -0.2) is 0 Å². The summed E-state index contributed by atoms with van der Waals surface area (Å²) >= 11 is 0. The first-order valence-corrected chi connectivity index (χ1v) is 17.7. The number of ketones is 2. The second-order valence-corrected chi connectivity index (χ2v) is 13.2. The lowest BCUT2D eigenvalue weighted by molar-refractivity contribution is -0.115. The van der Waals surface area contributed by atoms with Crippen molar-refractivity contribution in [2.45, 2.75) is 24.4 Å². The number of carbonyl (C=O) groups excluding carboxylic acids is 2. The molecule has 1 heterocycles. The lowest BCUT2D eigenvalue weighted by atomic mass is 9.78. The molecule has 3 unspecified atom stereocenters. The van der Waals surface area contributed by atoms with Gasteiger partial charge in [0.1, 0.15) is 34.9 Å². The number of hydrogen-bond acceptors (Lipinski definition) is 12. The molecule has 4 aromatic carbocycles. The fourth-order valence-corrected chi connectivity index (χ4v) is 6.88. The number of fused-ring (bicyclic) bond motifs is 1. The summed E-state index contributed by atoms with van der Waals surface area (Å²) in [6.07, 6.45) is 12.4. The second kappa shape index (κ2) is 17.0. The van der Waals surface area contributed by atoms with Crippen molar-refractivity contribution in [1.29, 1.82) is 0 Å². The van der Waals surface area contributed by atoms with Crippen LogP contribution in [0.3, 0.4) is 0 Å². The third-order valence-electron chi connectivity index (χ3n) is 9.42. The molecular formula is C45H40O12. The lowest BCUT2D eigenvalue weighted by Gasteiger charge is -2.24. The largest absolute Gasteiger partial charge is 0.508 e. The molecule has 0 bridgehead atoms. The fraction of sp³-hybridized carbons (Fsp3) is 0.156. The van der Waals surface area contributed by atoms with E-state index in [0.717, 1.165) is 11.6 Å². The van der Waals surface area contributed by atoms with Gasteiger partial charge >= 0.3 is 0 Å². The van der Waals surface area contributed by atoms with Crippen LogP contribution in [0, 0.1) is 0 Å². The van der Waals surface area contributed by atoms with Crippen molar-refractivity contribution >= 4 is 17.6 Å². The zero-order valence-electron chi connectivity index (χ0n) is 31.1. The van der Waals surface area contributed by atoms with Gasteiger partial charge in [0.2, 0.25) is 5.78 Å². The molecule has 57 heavy (non-hydrogen) atoms. The molecule has 0 aromatic heterocycles. The SMILES string of the molecule is COC1=C/C(=C\C(CC(=O)/C=C(O)/C=C/C=C/c2ccc(O)c(OC)c2)c2cc(O)cc3c2C(c2cc(O)cc(O)c2)C(c2ccc(O)c(OC)c2)O3)C=CC1=O. The number of aromatic hydroxyl groups is 5. The average Bonchev–Trinajstić information content (AvgIpc) is 3.56. The van der Waals surface area contributed by atoms with E-state index in [2.05, 4.69) is 0 Å². The van der Waals surface area contributed by atoms with Crippen LogP contribution in [-0.4, -0.2) is 63.5 Å². The number of phenolic OH excluding ortho intramolecular Hbond substituents is 5. The molecule has 2 aliphatic rings. The number of benzene rings is 4. The van der Waals surface area contributed by atoms with E-state index in [1.807, 2.05) is 0 Å². The van der Waals surface area contributed by atoms with Crippen molar-refractivity contribution in [3.05, 3.63) is 160 Å². The van der Waals surface area contributed by atoms with Crippen molar-refractivity contribution < 1.29 is 59.2 Å². The third kappa shape index (κ3) is 8.97. The van der Waals surface area contributed by atoms with Gasteiger partial charge in [-0.1, -0.05) is 42.5 Å². The first-order chi connectivity index (χ1) is 27.4. The maximum absolute atomic E-state index is 13.8. The Morgan fingerprint density at radius 3 is 2.18 bits per heavy atom. The number of rotatable bonds is 13. The molecule has 0 radical (unpaired) electrons. The minimum atomic E-state index is -0.836. The highest BCUT2D eigenvalue weighted by Gasteiger charge is 2.41. The van der Waals surface area contributed by atoms with Crippen LogP contribution >= 0.6 is 0 Å². The number of hydrogen-bond donors (Lipinski definition) is 6. The van der Waals surface area contributed by atoms with E-state index in [-0.39, 0.29) is 64.0 Å². The number of aliphatic hydroxyl groups excluding tert-OH is 1. The summed E-state index contributed by atoms with van der Waals surface area (Å²) in [4.78, 5) is 26.2. The summed E-state index contributed by atoms with van der Waals surface area (Å²) in [5, 5.41) is 63.2. The summed E-state index contributed by atoms with van der Waals surface area (Å²) < 4.78 is 22.3. The Hall–Kier alpha value is -7.34. The number of ether oxygens (including phenoxy) is 4. The number of methoxy groups -OCH3 is 3. The first-order valence-electron chi connectivity index (χ1n) is 17.7. The lowest BCUT2D eigenvalue weighted by Crippen LogP contribution is -2.14. The fourth-order valence-electron chi connectivity index (χ4n) is 6.88. The van der Waals surface area contributed by atoms with Crippen LogP contribution in [-0.2, 0) is 14.3 Å². The van der Waals surface area contributed by atoms with Gasteiger partial charge in [-0.15, -0.1) is 0 Å². The van der Waals surface area contributed by atoms with E-state index in [1.54, 1.807) is 48.6 Å². The molecule has 6 rings (SSSR count). The zero-order chi connectivity index (χ0) is 40.8. The van der Waals surface area contributed by atoms with E-state index in [1.165, 1.54) is 88.1 Å². The van der Waals surface area contributed by atoms with Crippen LogP contribution in [0.25, 0.3) is 6.08 Å². The van der Waals surface area contributed by atoms with Gasteiger partial charge in [0.15, 0.2) is 34.5 Å². The standard InChI is InChI=1S/C45H40O12/c1-54-39-15-25(8-11-36(39)51)6-4-5-7-30(46)21-31(47)17-28(14-26-9-12-37(52)40(16-26)55-2)35-23-34(50)24-42-44(35)43(29-18-32(48)22-33(49)19-29)45(57-42)27-10-13-38(53)41(20-27)56-3/h4-16,18-24,28,43,45-46,48-51,53H,17H2,1-3H3/b6-4+,7-5+,26-14-,30-21-. The van der Waals surface area contributed by atoms with Crippen LogP contribution in [0.5, 0.6) is 46.0 Å². The summed E-state index contributed by atoms with van der Waals surface area (Å²) in [7, 11) is 4.22. The van der Waals surface area contributed by atoms with E-state index in [4.69, 9.17) is 18.9 Å². The Labute approximate surface area is 328 Å². The van der Waals surface area contributed by atoms with Gasteiger partial charge in [0, 0.05) is 36.1 Å². The van der Waals surface area contributed by atoms with Crippen LogP contribution in [0.15, 0.2) is 132 Å². The predicted molar refractivity (Wildman–Crippen MR) is 211 cm³/mol. The second-order valence-electron chi connectivity index (χ2n) is 13.2. The summed E-state index contributed by atoms with van der Waals surface area (Å²) in [5.74, 6) is -2.62. The normalized spacial score (nSPS) is 17.7. The van der Waals surface area contributed by atoms with Crippen molar-refractivity contribution in [2.24, 2.45) is 0 Å². The Kier molecular flexibility index (Phi) is 11.7. The Morgan fingerprint density at radius 1 is 0.789 bits per heavy atom. The van der Waals surface area contributed by atoms with Gasteiger partial charge in [-0.2, -0.15) is 0 Å². The minimum Gasteiger partial charge on any atom is -0.508 e. The number of aliphatic hydroxyl groups is 1. The average molecular weight is 773 g/mol.